The monoisotopic (exact) mass is 133 g/mol. The summed E-state index contributed by atoms with van der Waals surface area (Å²) < 4.78 is 0. The molecule has 2 N–H and O–H groups in total. The summed E-state index contributed by atoms with van der Waals surface area (Å²) >= 11 is 0. The molecule has 52 valence electrons. The third kappa shape index (κ3) is 3.78. The van der Waals surface area contributed by atoms with E-state index in [0.29, 0.717) is 0 Å². The fraction of sp³-hybridized carbons (Fsp3) is 0. The molecule has 0 bridgehead atoms. The van der Waals surface area contributed by atoms with Crippen LogP contribution in [-0.4, -0.2) is 7.28 Å². The van der Waals surface area contributed by atoms with E-state index in [0.717, 1.165) is 12.8 Å². The SMILES string of the molecule is C=CB/C(C=C)=C/C=C/N. The van der Waals surface area contributed by atoms with Crippen LogP contribution >= 0.6 is 0 Å². The molecule has 0 aromatic heterocycles. The van der Waals surface area contributed by atoms with Crippen molar-refractivity contribution in [1.29, 1.82) is 0 Å². The van der Waals surface area contributed by atoms with Crippen molar-refractivity contribution < 1.29 is 0 Å². The average Bonchev–Trinajstić information content (AvgIpc) is 1.98. The molecule has 0 aliphatic carbocycles. The van der Waals surface area contributed by atoms with Crippen molar-refractivity contribution in [3.8, 4) is 0 Å². The van der Waals surface area contributed by atoms with Gasteiger partial charge in [0.15, 0.2) is 7.28 Å². The van der Waals surface area contributed by atoms with Crippen LogP contribution in [0.1, 0.15) is 0 Å². The minimum absolute atomic E-state index is 0.841. The highest BCUT2D eigenvalue weighted by Crippen LogP contribution is 1.92. The largest absolute Gasteiger partial charge is 0.405 e. The summed E-state index contributed by atoms with van der Waals surface area (Å²) in [5.74, 6) is 1.83. The standard InChI is InChI=1S/C8H12BN/c1-3-8(9-4-2)6-5-7-10/h3-7,9H,1-2,10H2/b7-5+,8-6+. The van der Waals surface area contributed by atoms with Crippen molar-refractivity contribution in [2.24, 2.45) is 5.73 Å². The Morgan fingerprint density at radius 3 is 2.50 bits per heavy atom. The third-order valence-electron chi connectivity index (χ3n) is 1.06. The summed E-state index contributed by atoms with van der Waals surface area (Å²) in [6.07, 6.45) is 6.98. The van der Waals surface area contributed by atoms with E-state index in [1.807, 2.05) is 12.1 Å². The van der Waals surface area contributed by atoms with Gasteiger partial charge in [-0.15, -0.1) is 12.6 Å². The molecule has 0 saturated heterocycles. The zero-order chi connectivity index (χ0) is 7.82. The number of rotatable bonds is 4. The van der Waals surface area contributed by atoms with E-state index in [1.165, 1.54) is 6.20 Å². The Balaban J connectivity index is 4.02. The molecule has 0 atom stereocenters. The topological polar surface area (TPSA) is 26.0 Å². The maximum absolute atomic E-state index is 5.14. The van der Waals surface area contributed by atoms with E-state index < -0.39 is 0 Å². The van der Waals surface area contributed by atoms with Gasteiger partial charge in [-0.25, -0.2) is 0 Å². The third-order valence-corrected chi connectivity index (χ3v) is 1.06. The smallest absolute Gasteiger partial charge is 0.182 e. The van der Waals surface area contributed by atoms with E-state index in [-0.39, 0.29) is 0 Å². The van der Waals surface area contributed by atoms with E-state index >= 15 is 0 Å². The van der Waals surface area contributed by atoms with Crippen LogP contribution in [-0.2, 0) is 0 Å². The summed E-state index contributed by atoms with van der Waals surface area (Å²) in [7, 11) is 0.841. The molecule has 2 heteroatoms. The molecule has 0 amide bonds. The molecule has 10 heavy (non-hydrogen) atoms. The van der Waals surface area contributed by atoms with Crippen LogP contribution in [0.5, 0.6) is 0 Å². The first kappa shape index (κ1) is 8.82. The van der Waals surface area contributed by atoms with Crippen molar-refractivity contribution in [3.05, 3.63) is 49.0 Å². The van der Waals surface area contributed by atoms with Gasteiger partial charge in [-0.05, 0) is 12.3 Å². The Morgan fingerprint density at radius 2 is 2.10 bits per heavy atom. The Morgan fingerprint density at radius 1 is 1.40 bits per heavy atom. The first-order valence-electron chi connectivity index (χ1n) is 3.16. The summed E-state index contributed by atoms with van der Waals surface area (Å²) in [6, 6.07) is 0. The number of hydrogen-bond acceptors (Lipinski definition) is 1. The summed E-state index contributed by atoms with van der Waals surface area (Å²) in [5.41, 5.74) is 6.26. The van der Waals surface area contributed by atoms with Gasteiger partial charge >= 0.3 is 0 Å². The highest BCUT2D eigenvalue weighted by molar-refractivity contribution is 6.51. The van der Waals surface area contributed by atoms with Crippen LogP contribution in [0.4, 0.5) is 0 Å². The minimum atomic E-state index is 0.841. The molecule has 0 aliphatic rings. The van der Waals surface area contributed by atoms with Gasteiger partial charge in [-0.1, -0.05) is 24.2 Å². The Kier molecular flexibility index (Phi) is 5.25. The summed E-state index contributed by atoms with van der Waals surface area (Å²) in [5, 5.41) is 0. The number of hydrogen-bond donors (Lipinski definition) is 1. The zero-order valence-corrected chi connectivity index (χ0v) is 6.09. The molecule has 0 fully saturated rings. The molecule has 0 saturated carbocycles. The van der Waals surface area contributed by atoms with Crippen LogP contribution in [0, 0.1) is 0 Å². The van der Waals surface area contributed by atoms with E-state index in [4.69, 9.17) is 5.73 Å². The molecule has 1 nitrogen and oxygen atoms in total. The molecule has 0 spiro atoms. The molecule has 0 aromatic carbocycles. The Bertz CT molecular complexity index is 168. The van der Waals surface area contributed by atoms with Crippen molar-refractivity contribution in [2.75, 3.05) is 0 Å². The van der Waals surface area contributed by atoms with Gasteiger partial charge in [0.1, 0.15) is 0 Å². The number of nitrogens with two attached hydrogens (primary N) is 1. The molecule has 0 aromatic rings. The quantitative estimate of drug-likeness (QED) is 0.451. The van der Waals surface area contributed by atoms with Gasteiger partial charge in [0.2, 0.25) is 0 Å². The molecule has 0 aliphatic heterocycles. The lowest BCUT2D eigenvalue weighted by Crippen LogP contribution is -1.87. The van der Waals surface area contributed by atoms with Crippen molar-refractivity contribution in [3.63, 3.8) is 0 Å². The predicted octanol–water partition coefficient (Wildman–Crippen LogP) is 1.11. The predicted molar refractivity (Wildman–Crippen MR) is 49.0 cm³/mol. The maximum Gasteiger partial charge on any atom is 0.182 e. The Labute approximate surface area is 62.9 Å². The molecular formula is C8H12BN. The van der Waals surface area contributed by atoms with Gasteiger partial charge in [-0.2, -0.15) is 0 Å². The van der Waals surface area contributed by atoms with E-state index in [1.54, 1.807) is 12.2 Å². The molecular weight excluding hydrogens is 121 g/mol. The molecule has 0 unspecified atom stereocenters. The highest BCUT2D eigenvalue weighted by atomic mass is 14.5. The lowest BCUT2D eigenvalue weighted by molar-refractivity contribution is 1.60. The lowest BCUT2D eigenvalue weighted by atomic mass is 9.70. The van der Waals surface area contributed by atoms with E-state index in [2.05, 4.69) is 13.2 Å². The fourth-order valence-electron chi connectivity index (χ4n) is 0.565. The second kappa shape index (κ2) is 5.95. The first-order chi connectivity index (χ1) is 4.85. The van der Waals surface area contributed by atoms with Crippen LogP contribution in [0.15, 0.2) is 49.0 Å². The van der Waals surface area contributed by atoms with Crippen LogP contribution in [0.25, 0.3) is 0 Å². The zero-order valence-electron chi connectivity index (χ0n) is 6.09. The van der Waals surface area contributed by atoms with Crippen molar-refractivity contribution in [1.82, 2.24) is 0 Å². The number of allylic oxidation sites excluding steroid dienone is 4. The minimum Gasteiger partial charge on any atom is -0.405 e. The van der Waals surface area contributed by atoms with Gasteiger partial charge in [0, 0.05) is 0 Å². The summed E-state index contributed by atoms with van der Waals surface area (Å²) in [6.45, 7) is 7.25. The second-order valence-corrected chi connectivity index (χ2v) is 1.82. The van der Waals surface area contributed by atoms with Gasteiger partial charge in [-0.3, -0.25) is 0 Å². The maximum atomic E-state index is 5.14. The van der Waals surface area contributed by atoms with Gasteiger partial charge in [0.25, 0.3) is 0 Å². The van der Waals surface area contributed by atoms with Crippen LogP contribution in [0.3, 0.4) is 0 Å². The first-order valence-corrected chi connectivity index (χ1v) is 3.16. The van der Waals surface area contributed by atoms with Gasteiger partial charge in [0.05, 0.1) is 0 Å². The molecule has 0 heterocycles. The van der Waals surface area contributed by atoms with Gasteiger partial charge < -0.3 is 5.73 Å². The van der Waals surface area contributed by atoms with Crippen LogP contribution in [0.2, 0.25) is 0 Å². The van der Waals surface area contributed by atoms with Crippen molar-refractivity contribution >= 4 is 7.28 Å². The Hall–Kier alpha value is -1.18. The molecule has 0 radical (unpaired) electrons. The second-order valence-electron chi connectivity index (χ2n) is 1.82. The highest BCUT2D eigenvalue weighted by Gasteiger charge is 1.85. The fourth-order valence-corrected chi connectivity index (χ4v) is 0.565. The van der Waals surface area contributed by atoms with E-state index in [9.17, 15) is 0 Å². The summed E-state index contributed by atoms with van der Waals surface area (Å²) in [4.78, 5) is 0. The average molecular weight is 133 g/mol. The normalized spacial score (nSPS) is 11.4. The molecule has 0 rings (SSSR count). The lowest BCUT2D eigenvalue weighted by Gasteiger charge is -1.89. The van der Waals surface area contributed by atoms with Crippen molar-refractivity contribution in [2.45, 2.75) is 0 Å². The van der Waals surface area contributed by atoms with Crippen LogP contribution < -0.4 is 5.73 Å².